The number of rotatable bonds is 4. The molecule has 2 N–H and O–H groups in total. The van der Waals surface area contributed by atoms with Crippen molar-refractivity contribution in [3.8, 4) is 6.07 Å². The zero-order chi connectivity index (χ0) is 13.6. The molecule has 1 aromatic rings. The van der Waals surface area contributed by atoms with Crippen molar-refractivity contribution in [2.45, 2.75) is 6.92 Å². The average Bonchev–Trinajstić information content (AvgIpc) is 2.28. The van der Waals surface area contributed by atoms with E-state index in [0.29, 0.717) is 0 Å². The lowest BCUT2D eigenvalue weighted by atomic mass is 10.2. The molecule has 96 valence electrons. The van der Waals surface area contributed by atoms with Gasteiger partial charge in [-0.15, -0.1) is 0 Å². The van der Waals surface area contributed by atoms with E-state index in [1.807, 2.05) is 6.07 Å². The second-order valence-electron chi connectivity index (χ2n) is 3.09. The van der Waals surface area contributed by atoms with Crippen LogP contribution >= 0.6 is 0 Å². The number of anilines is 1. The van der Waals surface area contributed by atoms with Gasteiger partial charge >= 0.3 is 16.3 Å². The molecule has 0 bridgehead atoms. The second kappa shape index (κ2) is 5.88. The molecule has 7 nitrogen and oxygen atoms in total. The number of carbonyl (C=O) groups excluding carboxylic acids is 1. The molecule has 0 saturated carbocycles. The molecule has 0 atom stereocenters. The van der Waals surface area contributed by atoms with E-state index in [1.165, 1.54) is 12.1 Å². The van der Waals surface area contributed by atoms with Gasteiger partial charge in [-0.05, 0) is 19.1 Å². The number of ether oxygens (including phenoxy) is 1. The topological polar surface area (TPSA) is 108 Å². The molecule has 0 radical (unpaired) electrons. The van der Waals surface area contributed by atoms with Crippen LogP contribution in [-0.4, -0.2) is 21.1 Å². The van der Waals surface area contributed by atoms with Crippen molar-refractivity contribution < 1.29 is 17.9 Å². The lowest BCUT2D eigenvalue weighted by Crippen LogP contribution is -2.35. The van der Waals surface area contributed by atoms with Crippen molar-refractivity contribution in [2.75, 3.05) is 11.3 Å². The third-order valence-corrected chi connectivity index (χ3v) is 2.71. The molecule has 0 fully saturated rings. The Labute approximate surface area is 105 Å². The predicted octanol–water partition coefficient (Wildman–Crippen LogP) is 0.961. The normalized spacial score (nSPS) is 10.2. The van der Waals surface area contributed by atoms with Gasteiger partial charge in [0.05, 0.1) is 17.9 Å². The number of nitriles is 1. The van der Waals surface area contributed by atoms with Gasteiger partial charge in [0.2, 0.25) is 0 Å². The number of amides is 1. The summed E-state index contributed by atoms with van der Waals surface area (Å²) in [5.41, 5.74) is 0.225. The third kappa shape index (κ3) is 3.95. The van der Waals surface area contributed by atoms with Crippen LogP contribution < -0.4 is 9.44 Å². The maximum absolute atomic E-state index is 11.5. The fraction of sp³-hybridized carbons (Fsp3) is 0.200. The Morgan fingerprint density at radius 2 is 2.11 bits per heavy atom. The van der Waals surface area contributed by atoms with Crippen LogP contribution in [0.3, 0.4) is 0 Å². The number of hydrogen-bond donors (Lipinski definition) is 2. The van der Waals surface area contributed by atoms with Crippen LogP contribution in [0.25, 0.3) is 0 Å². The molecule has 0 aliphatic rings. The molecular formula is C10H11N3O4S. The van der Waals surface area contributed by atoms with Crippen LogP contribution in [0.2, 0.25) is 0 Å². The Hall–Kier alpha value is -2.27. The van der Waals surface area contributed by atoms with Crippen molar-refractivity contribution >= 4 is 22.0 Å². The highest BCUT2D eigenvalue weighted by Gasteiger charge is 2.16. The van der Waals surface area contributed by atoms with E-state index in [2.05, 4.69) is 9.46 Å². The van der Waals surface area contributed by atoms with Gasteiger partial charge < -0.3 is 4.74 Å². The summed E-state index contributed by atoms with van der Waals surface area (Å²) in [6.07, 6.45) is -1.08. The number of carbonyl (C=O) groups is 1. The number of nitrogens with one attached hydrogen (secondary N) is 2. The highest BCUT2D eigenvalue weighted by Crippen LogP contribution is 2.14. The SMILES string of the molecule is CCOC(=O)NS(=O)(=O)Nc1ccccc1C#N. The molecule has 1 aromatic carbocycles. The standard InChI is InChI=1S/C10H11N3O4S/c1-2-17-10(14)13-18(15,16)12-9-6-4-3-5-8(9)7-11/h3-6,12H,2H2,1H3,(H,13,14). The van der Waals surface area contributed by atoms with Crippen molar-refractivity contribution in [2.24, 2.45) is 0 Å². The van der Waals surface area contributed by atoms with E-state index in [4.69, 9.17) is 5.26 Å². The van der Waals surface area contributed by atoms with Crippen molar-refractivity contribution in [3.05, 3.63) is 29.8 Å². The third-order valence-electron chi connectivity index (χ3n) is 1.78. The van der Waals surface area contributed by atoms with Crippen LogP contribution in [0.4, 0.5) is 10.5 Å². The first kappa shape index (κ1) is 13.8. The van der Waals surface area contributed by atoms with Gasteiger partial charge in [0.25, 0.3) is 0 Å². The van der Waals surface area contributed by atoms with Gasteiger partial charge in [0.1, 0.15) is 6.07 Å². The minimum absolute atomic E-state index is 0.0517. The average molecular weight is 269 g/mol. The fourth-order valence-electron chi connectivity index (χ4n) is 1.11. The van der Waals surface area contributed by atoms with Gasteiger partial charge in [-0.3, -0.25) is 4.72 Å². The molecule has 0 aliphatic carbocycles. The number of benzene rings is 1. The first-order valence-electron chi connectivity index (χ1n) is 4.95. The van der Waals surface area contributed by atoms with Crippen LogP contribution in [0.5, 0.6) is 0 Å². The van der Waals surface area contributed by atoms with Crippen molar-refractivity contribution in [1.82, 2.24) is 4.72 Å². The van der Waals surface area contributed by atoms with Gasteiger partial charge in [-0.25, -0.2) is 9.52 Å². The van der Waals surface area contributed by atoms with E-state index < -0.39 is 16.3 Å². The predicted molar refractivity (Wildman–Crippen MR) is 63.9 cm³/mol. The zero-order valence-corrected chi connectivity index (χ0v) is 10.3. The smallest absolute Gasteiger partial charge is 0.422 e. The van der Waals surface area contributed by atoms with Crippen LogP contribution in [-0.2, 0) is 14.9 Å². The lowest BCUT2D eigenvalue weighted by molar-refractivity contribution is 0.159. The molecule has 0 heterocycles. The minimum atomic E-state index is -4.11. The summed E-state index contributed by atoms with van der Waals surface area (Å²) in [5, 5.41) is 8.78. The molecule has 8 heteroatoms. The fourth-order valence-corrected chi connectivity index (χ4v) is 1.91. The largest absolute Gasteiger partial charge is 0.449 e. The van der Waals surface area contributed by atoms with E-state index in [1.54, 1.807) is 23.8 Å². The monoisotopic (exact) mass is 269 g/mol. The minimum Gasteiger partial charge on any atom is -0.449 e. The lowest BCUT2D eigenvalue weighted by Gasteiger charge is -2.09. The van der Waals surface area contributed by atoms with Crippen LogP contribution in [0.15, 0.2) is 24.3 Å². The highest BCUT2D eigenvalue weighted by atomic mass is 32.2. The van der Waals surface area contributed by atoms with E-state index in [-0.39, 0.29) is 17.9 Å². The number of hydrogen-bond acceptors (Lipinski definition) is 5. The number of para-hydroxylation sites is 1. The molecule has 0 spiro atoms. The summed E-state index contributed by atoms with van der Waals surface area (Å²) in [4.78, 5) is 11.0. The molecule has 1 rings (SSSR count). The van der Waals surface area contributed by atoms with Crippen LogP contribution in [0, 0.1) is 11.3 Å². The van der Waals surface area contributed by atoms with Crippen LogP contribution in [0.1, 0.15) is 12.5 Å². The molecule has 18 heavy (non-hydrogen) atoms. The summed E-state index contributed by atoms with van der Waals surface area (Å²) in [6, 6.07) is 7.83. The molecule has 0 saturated heterocycles. The van der Waals surface area contributed by atoms with Crippen molar-refractivity contribution in [1.29, 1.82) is 5.26 Å². The molecular weight excluding hydrogens is 258 g/mol. The molecule has 0 aromatic heterocycles. The Morgan fingerprint density at radius 1 is 1.44 bits per heavy atom. The summed E-state index contributed by atoms with van der Waals surface area (Å²) in [5.74, 6) is 0. The van der Waals surface area contributed by atoms with Crippen molar-refractivity contribution in [3.63, 3.8) is 0 Å². The summed E-state index contributed by atoms with van der Waals surface area (Å²) < 4.78 is 31.2. The Morgan fingerprint density at radius 3 is 2.72 bits per heavy atom. The van der Waals surface area contributed by atoms with E-state index >= 15 is 0 Å². The Bertz CT molecular complexity index is 577. The van der Waals surface area contributed by atoms with E-state index in [9.17, 15) is 13.2 Å². The highest BCUT2D eigenvalue weighted by molar-refractivity contribution is 7.91. The summed E-state index contributed by atoms with van der Waals surface area (Å²) >= 11 is 0. The number of nitrogens with zero attached hydrogens (tertiary/aromatic N) is 1. The quantitative estimate of drug-likeness (QED) is 0.846. The Kier molecular flexibility index (Phi) is 4.51. The molecule has 0 aliphatic heterocycles. The first-order valence-corrected chi connectivity index (χ1v) is 6.43. The first-order chi connectivity index (χ1) is 8.48. The second-order valence-corrected chi connectivity index (χ2v) is 4.50. The summed E-state index contributed by atoms with van der Waals surface area (Å²) in [7, 11) is -4.11. The van der Waals surface area contributed by atoms with Gasteiger partial charge in [0.15, 0.2) is 0 Å². The van der Waals surface area contributed by atoms with Gasteiger partial charge in [-0.2, -0.15) is 13.7 Å². The maximum Gasteiger partial charge on any atom is 0.422 e. The zero-order valence-electron chi connectivity index (χ0n) is 9.50. The van der Waals surface area contributed by atoms with Gasteiger partial charge in [0, 0.05) is 0 Å². The molecule has 0 unspecified atom stereocenters. The van der Waals surface area contributed by atoms with E-state index in [0.717, 1.165) is 0 Å². The maximum atomic E-state index is 11.5. The molecule has 1 amide bonds. The van der Waals surface area contributed by atoms with Gasteiger partial charge in [-0.1, -0.05) is 12.1 Å². The Balaban J connectivity index is 2.83. The summed E-state index contributed by atoms with van der Waals surface area (Å²) in [6.45, 7) is 1.60.